The van der Waals surface area contributed by atoms with Gasteiger partial charge in [-0.2, -0.15) is 0 Å². The lowest BCUT2D eigenvalue weighted by atomic mass is 10.1. The maximum Gasteiger partial charge on any atom is 0.259 e. The van der Waals surface area contributed by atoms with Crippen molar-refractivity contribution in [1.29, 1.82) is 0 Å². The summed E-state index contributed by atoms with van der Waals surface area (Å²) in [5, 5.41) is 2.89. The second-order valence-electron chi connectivity index (χ2n) is 7.51. The van der Waals surface area contributed by atoms with Crippen molar-refractivity contribution in [2.24, 2.45) is 0 Å². The van der Waals surface area contributed by atoms with Crippen molar-refractivity contribution in [2.45, 2.75) is 12.8 Å². The predicted molar refractivity (Wildman–Crippen MR) is 123 cm³/mol. The average Bonchev–Trinajstić information content (AvgIpc) is 3.38. The smallest absolute Gasteiger partial charge is 0.259 e. The number of nitrogens with one attached hydrogen (secondary N) is 1. The molecular weight excluding hydrogens is 404 g/mol. The Morgan fingerprint density at radius 2 is 1.38 bits per heavy atom. The van der Waals surface area contributed by atoms with Crippen LogP contribution in [0.3, 0.4) is 0 Å². The summed E-state index contributed by atoms with van der Waals surface area (Å²) in [6, 6.07) is 23.6. The quantitative estimate of drug-likeness (QED) is 0.529. The molecule has 4 rings (SSSR count). The Hall–Kier alpha value is -3.80. The van der Waals surface area contributed by atoms with Gasteiger partial charge >= 0.3 is 0 Å². The van der Waals surface area contributed by atoms with Gasteiger partial charge in [0, 0.05) is 13.1 Å². The summed E-state index contributed by atoms with van der Waals surface area (Å²) in [5.41, 5.74) is 1.39. The second kappa shape index (κ2) is 10.5. The molecule has 0 saturated carbocycles. The predicted octanol–water partition coefficient (Wildman–Crippen LogP) is 4.63. The van der Waals surface area contributed by atoms with Crippen LogP contribution in [0.2, 0.25) is 0 Å². The van der Waals surface area contributed by atoms with E-state index in [0.29, 0.717) is 35.8 Å². The topological polar surface area (TPSA) is 67.9 Å². The van der Waals surface area contributed by atoms with Crippen LogP contribution in [0, 0.1) is 0 Å². The molecular formula is C26H26N2O4. The number of para-hydroxylation sites is 3. The van der Waals surface area contributed by atoms with Crippen LogP contribution >= 0.6 is 0 Å². The fourth-order valence-corrected chi connectivity index (χ4v) is 3.67. The van der Waals surface area contributed by atoms with Crippen molar-refractivity contribution in [3.8, 4) is 11.5 Å². The zero-order valence-corrected chi connectivity index (χ0v) is 17.8. The summed E-state index contributed by atoms with van der Waals surface area (Å²) >= 11 is 0. The Morgan fingerprint density at radius 3 is 2.16 bits per heavy atom. The molecule has 0 spiro atoms. The number of carbonyl (C=O) groups excluding carboxylic acids is 2. The van der Waals surface area contributed by atoms with Crippen molar-refractivity contribution in [3.63, 3.8) is 0 Å². The summed E-state index contributed by atoms with van der Waals surface area (Å²) in [5.74, 6) is 0.846. The number of hydrogen-bond donors (Lipinski definition) is 1. The van der Waals surface area contributed by atoms with Gasteiger partial charge in [0.25, 0.3) is 11.8 Å². The maximum absolute atomic E-state index is 13.0. The molecule has 0 atom stereocenters. The highest BCUT2D eigenvalue weighted by atomic mass is 16.5. The molecule has 1 saturated heterocycles. The van der Waals surface area contributed by atoms with Gasteiger partial charge in [0.15, 0.2) is 0 Å². The number of likely N-dealkylation sites (tertiary alicyclic amines) is 1. The number of amides is 2. The summed E-state index contributed by atoms with van der Waals surface area (Å²) in [4.78, 5) is 27.7. The van der Waals surface area contributed by atoms with Gasteiger partial charge in [-0.3, -0.25) is 9.59 Å². The van der Waals surface area contributed by atoms with Gasteiger partial charge in [-0.15, -0.1) is 0 Å². The van der Waals surface area contributed by atoms with Gasteiger partial charge in [-0.25, -0.2) is 0 Å². The van der Waals surface area contributed by atoms with Crippen LogP contribution in [-0.2, 0) is 0 Å². The number of rotatable bonds is 8. The fourth-order valence-electron chi connectivity index (χ4n) is 3.67. The van der Waals surface area contributed by atoms with Crippen LogP contribution in [0.1, 0.15) is 33.6 Å². The van der Waals surface area contributed by atoms with Gasteiger partial charge in [-0.1, -0.05) is 42.5 Å². The molecule has 0 radical (unpaired) electrons. The third kappa shape index (κ3) is 5.27. The number of anilines is 1. The van der Waals surface area contributed by atoms with Crippen LogP contribution in [-0.4, -0.2) is 43.0 Å². The summed E-state index contributed by atoms with van der Waals surface area (Å²) in [6.45, 7) is 2.15. The van der Waals surface area contributed by atoms with Crippen molar-refractivity contribution >= 4 is 17.5 Å². The minimum Gasteiger partial charge on any atom is -0.490 e. The molecule has 3 aromatic rings. The molecule has 1 N–H and O–H groups in total. The molecule has 2 amide bonds. The Labute approximate surface area is 187 Å². The number of hydrogen-bond acceptors (Lipinski definition) is 4. The number of carbonyl (C=O) groups is 2. The normalized spacial score (nSPS) is 12.9. The van der Waals surface area contributed by atoms with E-state index >= 15 is 0 Å². The molecule has 0 aliphatic carbocycles. The van der Waals surface area contributed by atoms with Crippen LogP contribution in [0.4, 0.5) is 5.69 Å². The monoisotopic (exact) mass is 430 g/mol. The van der Waals surface area contributed by atoms with Crippen LogP contribution in [0.5, 0.6) is 11.5 Å². The first kappa shape index (κ1) is 21.4. The highest BCUT2D eigenvalue weighted by molar-refractivity contribution is 6.10. The Bertz CT molecular complexity index is 1060. The van der Waals surface area contributed by atoms with Gasteiger partial charge in [0.2, 0.25) is 0 Å². The molecule has 0 aromatic heterocycles. The van der Waals surface area contributed by atoms with Crippen LogP contribution in [0.15, 0.2) is 78.9 Å². The second-order valence-corrected chi connectivity index (χ2v) is 7.51. The lowest BCUT2D eigenvalue weighted by Crippen LogP contribution is -2.28. The molecule has 1 aliphatic heterocycles. The molecule has 6 heteroatoms. The van der Waals surface area contributed by atoms with E-state index in [2.05, 4.69) is 5.32 Å². The zero-order valence-electron chi connectivity index (χ0n) is 17.8. The number of nitrogens with zero attached hydrogens (tertiary/aromatic N) is 1. The maximum atomic E-state index is 13.0. The third-order valence-electron chi connectivity index (χ3n) is 5.28. The summed E-state index contributed by atoms with van der Waals surface area (Å²) in [6.07, 6.45) is 2.03. The minimum absolute atomic E-state index is 0.0546. The molecule has 0 bridgehead atoms. The molecule has 164 valence electrons. The number of ether oxygens (including phenoxy) is 2. The average molecular weight is 431 g/mol. The first-order valence-electron chi connectivity index (χ1n) is 10.8. The van der Waals surface area contributed by atoms with E-state index in [1.165, 1.54) is 0 Å². The molecule has 1 fully saturated rings. The Kier molecular flexibility index (Phi) is 7.02. The van der Waals surface area contributed by atoms with E-state index < -0.39 is 0 Å². The van der Waals surface area contributed by atoms with E-state index in [0.717, 1.165) is 31.7 Å². The SMILES string of the molecule is O=C(Nc1ccccc1C(=O)N1CCCC1)c1ccccc1OCCOc1ccccc1. The summed E-state index contributed by atoms with van der Waals surface area (Å²) < 4.78 is 11.5. The van der Waals surface area contributed by atoms with E-state index in [4.69, 9.17) is 9.47 Å². The van der Waals surface area contributed by atoms with E-state index in [9.17, 15) is 9.59 Å². The molecule has 6 nitrogen and oxygen atoms in total. The Morgan fingerprint density at radius 1 is 0.750 bits per heavy atom. The van der Waals surface area contributed by atoms with Crippen molar-refractivity contribution in [1.82, 2.24) is 4.90 Å². The van der Waals surface area contributed by atoms with E-state index in [-0.39, 0.29) is 11.8 Å². The molecule has 0 unspecified atom stereocenters. The van der Waals surface area contributed by atoms with Gasteiger partial charge in [0.1, 0.15) is 24.7 Å². The molecule has 1 aliphatic rings. The summed E-state index contributed by atoms with van der Waals surface area (Å²) in [7, 11) is 0. The minimum atomic E-state index is -0.328. The van der Waals surface area contributed by atoms with E-state index in [1.807, 2.05) is 47.4 Å². The highest BCUT2D eigenvalue weighted by Gasteiger charge is 2.23. The standard InChI is InChI=1S/C26H26N2O4/c29-25(27-23-14-6-4-12-21(23)26(30)28-16-8-9-17-28)22-13-5-7-15-24(22)32-19-18-31-20-10-2-1-3-11-20/h1-7,10-15H,8-9,16-19H2,(H,27,29). The fraction of sp³-hybridized carbons (Fsp3) is 0.231. The zero-order chi connectivity index (χ0) is 22.2. The Balaban J connectivity index is 1.41. The van der Waals surface area contributed by atoms with Crippen LogP contribution < -0.4 is 14.8 Å². The highest BCUT2D eigenvalue weighted by Crippen LogP contribution is 2.23. The van der Waals surface area contributed by atoms with Gasteiger partial charge < -0.3 is 19.7 Å². The third-order valence-corrected chi connectivity index (χ3v) is 5.28. The lowest BCUT2D eigenvalue weighted by Gasteiger charge is -2.18. The number of benzene rings is 3. The van der Waals surface area contributed by atoms with Gasteiger partial charge in [-0.05, 0) is 49.2 Å². The van der Waals surface area contributed by atoms with Crippen molar-refractivity contribution < 1.29 is 19.1 Å². The molecule has 32 heavy (non-hydrogen) atoms. The molecule has 3 aromatic carbocycles. The largest absolute Gasteiger partial charge is 0.490 e. The lowest BCUT2D eigenvalue weighted by molar-refractivity contribution is 0.0794. The van der Waals surface area contributed by atoms with Gasteiger partial charge in [0.05, 0.1) is 16.8 Å². The van der Waals surface area contributed by atoms with Crippen LogP contribution in [0.25, 0.3) is 0 Å². The first-order chi connectivity index (χ1) is 15.7. The van der Waals surface area contributed by atoms with E-state index in [1.54, 1.807) is 36.4 Å². The molecule has 1 heterocycles. The first-order valence-corrected chi connectivity index (χ1v) is 10.8. The van der Waals surface area contributed by atoms with Crippen molar-refractivity contribution in [3.05, 3.63) is 90.0 Å². The van der Waals surface area contributed by atoms with Crippen molar-refractivity contribution in [2.75, 3.05) is 31.6 Å².